The van der Waals surface area contributed by atoms with Crippen molar-refractivity contribution in [3.8, 4) is 0 Å². The van der Waals surface area contributed by atoms with Crippen LogP contribution in [0.25, 0.3) is 0 Å². The van der Waals surface area contributed by atoms with Gasteiger partial charge in [0, 0.05) is 15.5 Å². The van der Waals surface area contributed by atoms with Gasteiger partial charge in [0.05, 0.1) is 6.42 Å². The van der Waals surface area contributed by atoms with E-state index in [1.807, 2.05) is 18.2 Å². The number of hydrogen-bond donors (Lipinski definition) is 1. The summed E-state index contributed by atoms with van der Waals surface area (Å²) in [6.07, 6.45) is 0.222. The van der Waals surface area contributed by atoms with Crippen molar-refractivity contribution < 1.29 is 9.90 Å². The molecule has 82 valence electrons. The van der Waals surface area contributed by atoms with E-state index in [1.54, 1.807) is 11.8 Å². The van der Waals surface area contributed by atoms with Gasteiger partial charge in [0.15, 0.2) is 0 Å². The molecule has 0 amide bonds. The fourth-order valence-electron chi connectivity index (χ4n) is 1.22. The van der Waals surface area contributed by atoms with Crippen LogP contribution in [0.3, 0.4) is 0 Å². The molecule has 1 aromatic rings. The SMILES string of the molecule is CC(SCCC(=O)O)c1ccccc1Br. The van der Waals surface area contributed by atoms with Crippen LogP contribution >= 0.6 is 27.7 Å². The molecule has 0 saturated heterocycles. The third-order valence-electron chi connectivity index (χ3n) is 2.03. The summed E-state index contributed by atoms with van der Waals surface area (Å²) < 4.78 is 1.08. The van der Waals surface area contributed by atoms with E-state index >= 15 is 0 Å². The van der Waals surface area contributed by atoms with Gasteiger partial charge in [-0.2, -0.15) is 11.8 Å². The highest BCUT2D eigenvalue weighted by Gasteiger charge is 2.09. The summed E-state index contributed by atoms with van der Waals surface area (Å²) >= 11 is 5.15. The summed E-state index contributed by atoms with van der Waals surface area (Å²) in [6.45, 7) is 2.09. The van der Waals surface area contributed by atoms with Gasteiger partial charge in [0.2, 0.25) is 0 Å². The molecule has 0 aliphatic heterocycles. The Kier molecular flexibility index (Phi) is 5.19. The van der Waals surface area contributed by atoms with Crippen molar-refractivity contribution in [2.45, 2.75) is 18.6 Å². The van der Waals surface area contributed by atoms with E-state index < -0.39 is 5.97 Å². The molecular formula is C11H13BrO2S. The number of aliphatic carboxylic acids is 1. The van der Waals surface area contributed by atoms with Gasteiger partial charge in [-0.25, -0.2) is 0 Å². The predicted octanol–water partition coefficient (Wildman–Crippen LogP) is 3.72. The summed E-state index contributed by atoms with van der Waals surface area (Å²) in [5, 5.41) is 8.85. The van der Waals surface area contributed by atoms with Gasteiger partial charge < -0.3 is 5.11 Å². The average molecular weight is 289 g/mol. The lowest BCUT2D eigenvalue weighted by atomic mass is 10.2. The van der Waals surface area contributed by atoms with E-state index in [0.29, 0.717) is 11.0 Å². The lowest BCUT2D eigenvalue weighted by Crippen LogP contribution is -1.98. The van der Waals surface area contributed by atoms with Gasteiger partial charge in [-0.3, -0.25) is 4.79 Å². The standard InChI is InChI=1S/C11H13BrO2S/c1-8(15-7-6-11(13)14)9-4-2-3-5-10(9)12/h2-5,8H,6-7H2,1H3,(H,13,14). The first-order valence-electron chi connectivity index (χ1n) is 4.69. The smallest absolute Gasteiger partial charge is 0.304 e. The average Bonchev–Trinajstić information content (AvgIpc) is 2.17. The molecule has 1 N–H and O–H groups in total. The van der Waals surface area contributed by atoms with E-state index in [0.717, 1.165) is 4.47 Å². The minimum atomic E-state index is -0.734. The Balaban J connectivity index is 2.50. The summed E-state index contributed by atoms with van der Waals surface area (Å²) in [6, 6.07) is 8.03. The maximum absolute atomic E-state index is 10.4. The van der Waals surface area contributed by atoms with Gasteiger partial charge in [-0.1, -0.05) is 34.1 Å². The number of carboxylic acid groups (broad SMARTS) is 1. The second-order valence-electron chi connectivity index (χ2n) is 3.18. The van der Waals surface area contributed by atoms with Gasteiger partial charge in [-0.05, 0) is 18.6 Å². The highest BCUT2D eigenvalue weighted by atomic mass is 79.9. The van der Waals surface area contributed by atoms with Crippen molar-refractivity contribution >= 4 is 33.7 Å². The van der Waals surface area contributed by atoms with Crippen LogP contribution in [0.2, 0.25) is 0 Å². The Hall–Kier alpha value is -0.480. The Bertz CT molecular complexity index is 341. The van der Waals surface area contributed by atoms with Crippen LogP contribution in [0, 0.1) is 0 Å². The Labute approximate surface area is 102 Å². The lowest BCUT2D eigenvalue weighted by Gasteiger charge is -2.12. The van der Waals surface area contributed by atoms with Crippen LogP contribution in [0.5, 0.6) is 0 Å². The van der Waals surface area contributed by atoms with Gasteiger partial charge in [-0.15, -0.1) is 0 Å². The summed E-state index contributed by atoms with van der Waals surface area (Å²) in [5.41, 5.74) is 1.22. The fourth-order valence-corrected chi connectivity index (χ4v) is 3.03. The highest BCUT2D eigenvalue weighted by Crippen LogP contribution is 2.33. The first-order chi connectivity index (χ1) is 7.11. The van der Waals surface area contributed by atoms with Crippen LogP contribution in [0.15, 0.2) is 28.7 Å². The van der Waals surface area contributed by atoms with Crippen molar-refractivity contribution in [3.63, 3.8) is 0 Å². The minimum Gasteiger partial charge on any atom is -0.481 e. The molecule has 0 aliphatic rings. The van der Waals surface area contributed by atoms with Crippen LogP contribution in [-0.2, 0) is 4.79 Å². The molecular weight excluding hydrogens is 276 g/mol. The summed E-state index contributed by atoms with van der Waals surface area (Å²) in [5.74, 6) is -0.0838. The van der Waals surface area contributed by atoms with Crippen molar-refractivity contribution in [3.05, 3.63) is 34.3 Å². The quantitative estimate of drug-likeness (QED) is 0.897. The molecule has 1 aromatic carbocycles. The number of halogens is 1. The van der Waals surface area contributed by atoms with Gasteiger partial charge in [0.1, 0.15) is 0 Å². The van der Waals surface area contributed by atoms with Crippen LogP contribution in [0.4, 0.5) is 0 Å². The van der Waals surface area contributed by atoms with Crippen molar-refractivity contribution in [2.75, 3.05) is 5.75 Å². The molecule has 0 saturated carbocycles. The molecule has 0 bridgehead atoms. The van der Waals surface area contributed by atoms with Crippen LogP contribution < -0.4 is 0 Å². The van der Waals surface area contributed by atoms with E-state index in [4.69, 9.17) is 5.11 Å². The summed E-state index contributed by atoms with van der Waals surface area (Å²) in [4.78, 5) is 10.4. The lowest BCUT2D eigenvalue weighted by molar-refractivity contribution is -0.136. The molecule has 0 aromatic heterocycles. The normalized spacial score (nSPS) is 12.4. The predicted molar refractivity (Wildman–Crippen MR) is 67.3 cm³/mol. The molecule has 1 atom stereocenters. The second kappa shape index (κ2) is 6.18. The first-order valence-corrected chi connectivity index (χ1v) is 6.53. The van der Waals surface area contributed by atoms with Crippen molar-refractivity contribution in [1.29, 1.82) is 0 Å². The summed E-state index contributed by atoms with van der Waals surface area (Å²) in [7, 11) is 0. The third kappa shape index (κ3) is 4.26. The number of benzene rings is 1. The van der Waals surface area contributed by atoms with Crippen LogP contribution in [-0.4, -0.2) is 16.8 Å². The zero-order chi connectivity index (χ0) is 11.3. The molecule has 2 nitrogen and oxygen atoms in total. The van der Waals surface area contributed by atoms with Crippen molar-refractivity contribution in [1.82, 2.24) is 0 Å². The molecule has 0 heterocycles. The largest absolute Gasteiger partial charge is 0.481 e. The maximum atomic E-state index is 10.4. The third-order valence-corrected chi connectivity index (χ3v) is 3.94. The fraction of sp³-hybridized carbons (Fsp3) is 0.364. The number of carbonyl (C=O) groups is 1. The van der Waals surface area contributed by atoms with E-state index in [9.17, 15) is 4.79 Å². The van der Waals surface area contributed by atoms with Gasteiger partial charge >= 0.3 is 5.97 Å². The molecule has 15 heavy (non-hydrogen) atoms. The molecule has 4 heteroatoms. The Morgan fingerprint density at radius 3 is 2.80 bits per heavy atom. The molecule has 0 fully saturated rings. The van der Waals surface area contributed by atoms with E-state index in [-0.39, 0.29) is 6.42 Å². The second-order valence-corrected chi connectivity index (χ2v) is 5.48. The molecule has 1 unspecified atom stereocenters. The molecule has 0 aliphatic carbocycles. The topological polar surface area (TPSA) is 37.3 Å². The monoisotopic (exact) mass is 288 g/mol. The number of thioether (sulfide) groups is 1. The molecule has 0 spiro atoms. The van der Waals surface area contributed by atoms with E-state index in [2.05, 4.69) is 28.9 Å². The number of rotatable bonds is 5. The molecule has 1 rings (SSSR count). The van der Waals surface area contributed by atoms with Crippen molar-refractivity contribution in [2.24, 2.45) is 0 Å². The van der Waals surface area contributed by atoms with Gasteiger partial charge in [0.25, 0.3) is 0 Å². The zero-order valence-electron chi connectivity index (χ0n) is 8.44. The zero-order valence-corrected chi connectivity index (χ0v) is 10.8. The first kappa shape index (κ1) is 12.6. The van der Waals surface area contributed by atoms with Crippen LogP contribution in [0.1, 0.15) is 24.2 Å². The minimum absolute atomic E-state index is 0.222. The number of carboxylic acids is 1. The highest BCUT2D eigenvalue weighted by molar-refractivity contribution is 9.10. The molecule has 0 radical (unpaired) electrons. The maximum Gasteiger partial charge on any atom is 0.304 e. The Morgan fingerprint density at radius 1 is 1.53 bits per heavy atom. The number of hydrogen-bond acceptors (Lipinski definition) is 2. The Morgan fingerprint density at radius 2 is 2.20 bits per heavy atom. The van der Waals surface area contributed by atoms with E-state index in [1.165, 1.54) is 5.56 Å².